The van der Waals surface area contributed by atoms with E-state index in [-0.39, 0.29) is 0 Å². The number of piperidine rings is 1. The van der Waals surface area contributed by atoms with E-state index in [1.807, 2.05) is 0 Å². The smallest absolute Gasteiger partial charge is 0.00450 e. The Morgan fingerprint density at radius 1 is 1.14 bits per heavy atom. The zero-order valence-electron chi connectivity index (χ0n) is 9.58. The predicted octanol–water partition coefficient (Wildman–Crippen LogP) is 1.70. The van der Waals surface area contributed by atoms with Crippen LogP contribution in [-0.2, 0) is 0 Å². The van der Waals surface area contributed by atoms with Gasteiger partial charge in [-0.15, -0.1) is 0 Å². The Hall–Kier alpha value is -0.0800. The molecule has 14 heavy (non-hydrogen) atoms. The molecule has 2 heteroatoms. The van der Waals surface area contributed by atoms with E-state index in [0.717, 1.165) is 17.8 Å². The van der Waals surface area contributed by atoms with Gasteiger partial charge in [0.1, 0.15) is 0 Å². The third-order valence-corrected chi connectivity index (χ3v) is 3.59. The Morgan fingerprint density at radius 2 is 1.71 bits per heavy atom. The molecule has 0 aromatic rings. The van der Waals surface area contributed by atoms with E-state index in [1.54, 1.807) is 0 Å². The SMILES string of the molecule is CC(C)CN1CC2CC(N)CC(C2)C1. The number of fused-ring (bicyclic) bond motifs is 2. The van der Waals surface area contributed by atoms with Gasteiger partial charge in [-0.1, -0.05) is 13.8 Å². The summed E-state index contributed by atoms with van der Waals surface area (Å²) in [6.07, 6.45) is 3.98. The molecule has 1 aliphatic heterocycles. The molecule has 0 amide bonds. The van der Waals surface area contributed by atoms with E-state index in [9.17, 15) is 0 Å². The van der Waals surface area contributed by atoms with E-state index >= 15 is 0 Å². The summed E-state index contributed by atoms with van der Waals surface area (Å²) in [6.45, 7) is 8.53. The van der Waals surface area contributed by atoms with Crippen molar-refractivity contribution < 1.29 is 0 Å². The van der Waals surface area contributed by atoms with Crippen LogP contribution in [0.2, 0.25) is 0 Å². The van der Waals surface area contributed by atoms with Gasteiger partial charge in [0.15, 0.2) is 0 Å². The van der Waals surface area contributed by atoms with Crippen molar-refractivity contribution in [3.8, 4) is 0 Å². The Labute approximate surface area is 87.8 Å². The summed E-state index contributed by atoms with van der Waals surface area (Å²) < 4.78 is 0. The summed E-state index contributed by atoms with van der Waals surface area (Å²) in [5, 5.41) is 0. The lowest BCUT2D eigenvalue weighted by Gasteiger charge is -2.44. The van der Waals surface area contributed by atoms with E-state index in [1.165, 1.54) is 38.9 Å². The molecule has 2 atom stereocenters. The van der Waals surface area contributed by atoms with E-state index < -0.39 is 0 Å². The lowest BCUT2D eigenvalue weighted by atomic mass is 9.75. The van der Waals surface area contributed by atoms with E-state index in [0.29, 0.717) is 6.04 Å². The molecule has 82 valence electrons. The molecule has 2 bridgehead atoms. The highest BCUT2D eigenvalue weighted by Crippen LogP contribution is 2.33. The molecule has 1 aliphatic carbocycles. The molecule has 2 fully saturated rings. The highest BCUT2D eigenvalue weighted by molar-refractivity contribution is 4.88. The fraction of sp³-hybridized carbons (Fsp3) is 1.00. The standard InChI is InChI=1S/C12H24N2/c1-9(2)6-14-7-10-3-11(8-14)5-12(13)4-10/h9-12H,3-8,13H2,1-2H3. The summed E-state index contributed by atoms with van der Waals surface area (Å²) in [5.41, 5.74) is 6.05. The Kier molecular flexibility index (Phi) is 3.13. The molecular formula is C12H24N2. The van der Waals surface area contributed by atoms with Gasteiger partial charge >= 0.3 is 0 Å². The van der Waals surface area contributed by atoms with Gasteiger partial charge in [0.05, 0.1) is 0 Å². The van der Waals surface area contributed by atoms with Crippen molar-refractivity contribution in [2.24, 2.45) is 23.5 Å². The summed E-state index contributed by atoms with van der Waals surface area (Å²) in [6, 6.07) is 0.500. The van der Waals surface area contributed by atoms with Crippen LogP contribution in [0.15, 0.2) is 0 Å². The molecule has 2 aliphatic rings. The van der Waals surface area contributed by atoms with Gasteiger partial charge in [0.25, 0.3) is 0 Å². The molecule has 1 saturated heterocycles. The molecule has 1 saturated carbocycles. The van der Waals surface area contributed by atoms with Crippen molar-refractivity contribution >= 4 is 0 Å². The van der Waals surface area contributed by atoms with Crippen LogP contribution in [0.5, 0.6) is 0 Å². The van der Waals surface area contributed by atoms with Crippen molar-refractivity contribution in [2.45, 2.75) is 39.2 Å². The maximum Gasteiger partial charge on any atom is 0.00450 e. The Morgan fingerprint density at radius 3 is 2.21 bits per heavy atom. The molecule has 2 N–H and O–H groups in total. The first-order valence-electron chi connectivity index (χ1n) is 6.11. The van der Waals surface area contributed by atoms with Gasteiger partial charge in [-0.05, 0) is 37.0 Å². The largest absolute Gasteiger partial charge is 0.328 e. The van der Waals surface area contributed by atoms with Crippen LogP contribution >= 0.6 is 0 Å². The topological polar surface area (TPSA) is 29.3 Å². The molecule has 2 rings (SSSR count). The first-order chi connectivity index (χ1) is 6.63. The van der Waals surface area contributed by atoms with E-state index in [4.69, 9.17) is 5.73 Å². The summed E-state index contributed by atoms with van der Waals surface area (Å²) in [4.78, 5) is 2.66. The first-order valence-corrected chi connectivity index (χ1v) is 6.11. The van der Waals surface area contributed by atoms with Gasteiger partial charge < -0.3 is 10.6 Å². The zero-order valence-corrected chi connectivity index (χ0v) is 9.58. The minimum absolute atomic E-state index is 0.500. The molecule has 2 nitrogen and oxygen atoms in total. The second kappa shape index (κ2) is 4.19. The third-order valence-electron chi connectivity index (χ3n) is 3.59. The molecule has 0 spiro atoms. The summed E-state index contributed by atoms with van der Waals surface area (Å²) >= 11 is 0. The minimum Gasteiger partial charge on any atom is -0.328 e. The molecule has 2 unspecified atom stereocenters. The van der Waals surface area contributed by atoms with Crippen LogP contribution < -0.4 is 5.73 Å². The average molecular weight is 196 g/mol. The summed E-state index contributed by atoms with van der Waals surface area (Å²) in [5.74, 6) is 2.61. The fourth-order valence-corrected chi connectivity index (χ4v) is 3.38. The van der Waals surface area contributed by atoms with Crippen LogP contribution in [0, 0.1) is 17.8 Å². The van der Waals surface area contributed by atoms with Crippen molar-refractivity contribution in [3.05, 3.63) is 0 Å². The number of rotatable bonds is 2. The fourth-order valence-electron chi connectivity index (χ4n) is 3.38. The molecular weight excluding hydrogens is 172 g/mol. The normalized spacial score (nSPS) is 39.0. The lowest BCUT2D eigenvalue weighted by molar-refractivity contribution is 0.0691. The van der Waals surface area contributed by atoms with E-state index in [2.05, 4.69) is 18.7 Å². The first kappa shape index (κ1) is 10.4. The molecule has 0 aromatic carbocycles. The van der Waals surface area contributed by atoms with Crippen molar-refractivity contribution in [1.29, 1.82) is 0 Å². The zero-order chi connectivity index (χ0) is 10.1. The number of nitrogens with zero attached hydrogens (tertiary/aromatic N) is 1. The predicted molar refractivity (Wildman–Crippen MR) is 60.1 cm³/mol. The monoisotopic (exact) mass is 196 g/mol. The van der Waals surface area contributed by atoms with Crippen molar-refractivity contribution in [1.82, 2.24) is 4.90 Å². The van der Waals surface area contributed by atoms with Crippen molar-refractivity contribution in [2.75, 3.05) is 19.6 Å². The number of nitrogens with two attached hydrogens (primary N) is 1. The number of hydrogen-bond donors (Lipinski definition) is 1. The maximum atomic E-state index is 6.05. The van der Waals surface area contributed by atoms with Gasteiger partial charge in [-0.2, -0.15) is 0 Å². The summed E-state index contributed by atoms with van der Waals surface area (Å²) in [7, 11) is 0. The third kappa shape index (κ3) is 2.48. The maximum absolute atomic E-state index is 6.05. The molecule has 0 aromatic heterocycles. The molecule has 1 heterocycles. The Balaban J connectivity index is 1.89. The number of likely N-dealkylation sites (tertiary alicyclic amines) is 1. The van der Waals surface area contributed by atoms with Crippen molar-refractivity contribution in [3.63, 3.8) is 0 Å². The second-order valence-electron chi connectivity index (χ2n) is 5.81. The van der Waals surface area contributed by atoms with Crippen LogP contribution in [0.25, 0.3) is 0 Å². The quantitative estimate of drug-likeness (QED) is 0.728. The highest BCUT2D eigenvalue weighted by atomic mass is 15.1. The van der Waals surface area contributed by atoms with Crippen LogP contribution in [0.3, 0.4) is 0 Å². The average Bonchev–Trinajstić information content (AvgIpc) is 1.99. The lowest BCUT2D eigenvalue weighted by Crippen LogP contribution is -2.48. The number of hydrogen-bond acceptors (Lipinski definition) is 2. The van der Waals surface area contributed by atoms with Gasteiger partial charge in [0, 0.05) is 25.7 Å². The Bertz CT molecular complexity index is 173. The van der Waals surface area contributed by atoms with Gasteiger partial charge in [-0.3, -0.25) is 0 Å². The van der Waals surface area contributed by atoms with Crippen LogP contribution in [-0.4, -0.2) is 30.6 Å². The van der Waals surface area contributed by atoms with Gasteiger partial charge in [0.2, 0.25) is 0 Å². The highest BCUT2D eigenvalue weighted by Gasteiger charge is 2.33. The van der Waals surface area contributed by atoms with Crippen LogP contribution in [0.4, 0.5) is 0 Å². The minimum atomic E-state index is 0.500. The molecule has 0 radical (unpaired) electrons. The van der Waals surface area contributed by atoms with Gasteiger partial charge in [-0.25, -0.2) is 0 Å². The second-order valence-corrected chi connectivity index (χ2v) is 5.81. The van der Waals surface area contributed by atoms with Crippen LogP contribution in [0.1, 0.15) is 33.1 Å².